The molecule has 2 aliphatic rings. The molecule has 0 saturated carbocycles. The van der Waals surface area contributed by atoms with Gasteiger partial charge in [0.25, 0.3) is 0 Å². The number of hydrogen-bond donors (Lipinski definition) is 1. The van der Waals surface area contributed by atoms with Crippen LogP contribution in [0.25, 0.3) is 11.1 Å². The average molecular weight is 438 g/mol. The number of piperazine rings is 1. The molecule has 3 aromatic carbocycles. The molecule has 4 nitrogen and oxygen atoms in total. The fourth-order valence-electron chi connectivity index (χ4n) is 4.53. The second-order valence-corrected chi connectivity index (χ2v) is 8.56. The highest BCUT2D eigenvalue weighted by atomic mass is 35.5. The summed E-state index contributed by atoms with van der Waals surface area (Å²) in [5.74, 6) is 0. The van der Waals surface area contributed by atoms with Gasteiger partial charge in [0.1, 0.15) is 0 Å². The first-order valence-electron chi connectivity index (χ1n) is 10.0. The molecule has 0 aromatic heterocycles. The first-order valence-corrected chi connectivity index (χ1v) is 10.8. The van der Waals surface area contributed by atoms with Gasteiger partial charge < -0.3 is 10.2 Å². The highest BCUT2D eigenvalue weighted by molar-refractivity contribution is 6.35. The van der Waals surface area contributed by atoms with E-state index in [-0.39, 0.29) is 12.1 Å². The van der Waals surface area contributed by atoms with Gasteiger partial charge in [-0.3, -0.25) is 4.90 Å². The molecule has 1 heterocycles. The highest BCUT2D eigenvalue weighted by Crippen LogP contribution is 2.46. The Balaban J connectivity index is 1.30. The molecular weight excluding hydrogens is 417 g/mol. The van der Waals surface area contributed by atoms with Crippen LogP contribution >= 0.6 is 23.2 Å². The van der Waals surface area contributed by atoms with Crippen LogP contribution < -0.4 is 5.32 Å². The van der Waals surface area contributed by atoms with Crippen LogP contribution in [0.4, 0.5) is 10.5 Å². The molecule has 3 aromatic rings. The largest absolute Gasteiger partial charge is 0.322 e. The van der Waals surface area contributed by atoms with Crippen LogP contribution in [0, 0.1) is 0 Å². The Kier molecular flexibility index (Phi) is 5.15. The lowest BCUT2D eigenvalue weighted by atomic mass is 10.0. The Morgan fingerprint density at radius 2 is 1.33 bits per heavy atom. The van der Waals surface area contributed by atoms with Crippen molar-refractivity contribution in [2.45, 2.75) is 6.04 Å². The van der Waals surface area contributed by atoms with E-state index in [0.717, 1.165) is 13.1 Å². The van der Waals surface area contributed by atoms with Gasteiger partial charge in [0, 0.05) is 41.9 Å². The molecule has 0 bridgehead atoms. The second-order valence-electron chi connectivity index (χ2n) is 7.69. The van der Waals surface area contributed by atoms with Gasteiger partial charge in [0.05, 0.1) is 6.04 Å². The molecule has 0 unspecified atom stereocenters. The number of nitrogens with zero attached hydrogens (tertiary/aromatic N) is 2. The second kappa shape index (κ2) is 7.95. The standard InChI is InChI=1S/C24H21Cl2N3O/c25-16-13-17(26)15-18(14-16)27-24(30)29-11-9-28(10-12-29)23-21-7-3-1-5-19(21)20-6-2-4-8-22(20)23/h1-8,13-15,23H,9-12H2,(H,27,30). The van der Waals surface area contributed by atoms with E-state index in [1.54, 1.807) is 18.2 Å². The van der Waals surface area contributed by atoms with Gasteiger partial charge in [-0.1, -0.05) is 71.7 Å². The maximum atomic E-state index is 12.7. The van der Waals surface area contributed by atoms with Gasteiger partial charge in [-0.2, -0.15) is 0 Å². The van der Waals surface area contributed by atoms with Crippen LogP contribution in [-0.4, -0.2) is 42.0 Å². The number of hydrogen-bond acceptors (Lipinski definition) is 2. The number of nitrogens with one attached hydrogen (secondary N) is 1. The highest BCUT2D eigenvalue weighted by Gasteiger charge is 2.34. The molecule has 30 heavy (non-hydrogen) atoms. The van der Waals surface area contributed by atoms with Crippen molar-refractivity contribution in [3.8, 4) is 11.1 Å². The molecular formula is C24H21Cl2N3O. The van der Waals surface area contributed by atoms with E-state index in [2.05, 4.69) is 58.7 Å². The van der Waals surface area contributed by atoms with E-state index in [4.69, 9.17) is 23.2 Å². The minimum atomic E-state index is -0.125. The van der Waals surface area contributed by atoms with E-state index in [0.29, 0.717) is 28.8 Å². The number of anilines is 1. The maximum Gasteiger partial charge on any atom is 0.321 e. The van der Waals surface area contributed by atoms with E-state index in [1.165, 1.54) is 22.3 Å². The van der Waals surface area contributed by atoms with Crippen LogP contribution in [0.5, 0.6) is 0 Å². The number of rotatable bonds is 2. The monoisotopic (exact) mass is 437 g/mol. The quantitative estimate of drug-likeness (QED) is 0.540. The van der Waals surface area contributed by atoms with Crippen molar-refractivity contribution in [1.29, 1.82) is 0 Å². The first kappa shape index (κ1) is 19.4. The molecule has 1 fully saturated rings. The Morgan fingerprint density at radius 1 is 0.800 bits per heavy atom. The molecule has 1 saturated heterocycles. The van der Waals surface area contributed by atoms with E-state index < -0.39 is 0 Å². The van der Waals surface area contributed by atoms with Crippen molar-refractivity contribution in [2.24, 2.45) is 0 Å². The third kappa shape index (κ3) is 3.56. The summed E-state index contributed by atoms with van der Waals surface area (Å²) in [4.78, 5) is 17.0. The third-order valence-electron chi connectivity index (χ3n) is 5.88. The molecule has 6 heteroatoms. The van der Waals surface area contributed by atoms with Crippen LogP contribution in [0.15, 0.2) is 66.7 Å². The van der Waals surface area contributed by atoms with Gasteiger partial charge in [0.2, 0.25) is 0 Å². The fraction of sp³-hybridized carbons (Fsp3) is 0.208. The van der Waals surface area contributed by atoms with E-state index >= 15 is 0 Å². The van der Waals surface area contributed by atoms with Gasteiger partial charge in [-0.05, 0) is 40.5 Å². The summed E-state index contributed by atoms with van der Waals surface area (Å²) in [6.07, 6.45) is 0. The third-order valence-corrected chi connectivity index (χ3v) is 6.32. The maximum absolute atomic E-state index is 12.7. The lowest BCUT2D eigenvalue weighted by molar-refractivity contribution is 0.128. The average Bonchev–Trinajstić information content (AvgIpc) is 3.08. The van der Waals surface area contributed by atoms with E-state index in [9.17, 15) is 4.79 Å². The Bertz CT molecular complexity index is 1040. The Labute approximate surface area is 186 Å². The van der Waals surface area contributed by atoms with Crippen molar-refractivity contribution in [3.63, 3.8) is 0 Å². The normalized spacial score (nSPS) is 16.3. The number of carbonyl (C=O) groups excluding carboxylic acids is 1. The molecule has 152 valence electrons. The SMILES string of the molecule is O=C(Nc1cc(Cl)cc(Cl)c1)N1CCN(C2c3ccccc3-c3ccccc32)CC1. The van der Waals surface area contributed by atoms with Crippen molar-refractivity contribution in [3.05, 3.63) is 87.9 Å². The number of amides is 2. The number of benzene rings is 3. The summed E-state index contributed by atoms with van der Waals surface area (Å²) >= 11 is 12.1. The molecule has 1 aliphatic heterocycles. The molecule has 1 N–H and O–H groups in total. The minimum Gasteiger partial charge on any atom is -0.322 e. The molecule has 1 aliphatic carbocycles. The van der Waals surface area contributed by atoms with Crippen molar-refractivity contribution >= 4 is 34.9 Å². The Hall–Kier alpha value is -2.53. The predicted octanol–water partition coefficient (Wildman–Crippen LogP) is 5.91. The number of urea groups is 1. The van der Waals surface area contributed by atoms with Crippen molar-refractivity contribution < 1.29 is 4.79 Å². The summed E-state index contributed by atoms with van der Waals surface area (Å²) in [6.45, 7) is 2.97. The molecule has 2 amide bonds. The van der Waals surface area contributed by atoms with Crippen LogP contribution in [0.3, 0.4) is 0 Å². The van der Waals surface area contributed by atoms with Crippen LogP contribution in [-0.2, 0) is 0 Å². The summed E-state index contributed by atoms with van der Waals surface area (Å²) in [6, 6.07) is 22.4. The molecule has 0 atom stereocenters. The number of carbonyl (C=O) groups is 1. The molecule has 5 rings (SSSR count). The van der Waals surface area contributed by atoms with Gasteiger partial charge in [-0.25, -0.2) is 4.79 Å². The van der Waals surface area contributed by atoms with Gasteiger partial charge in [0.15, 0.2) is 0 Å². The summed E-state index contributed by atoms with van der Waals surface area (Å²) < 4.78 is 0. The van der Waals surface area contributed by atoms with Crippen LogP contribution in [0.1, 0.15) is 17.2 Å². The fourth-order valence-corrected chi connectivity index (χ4v) is 5.06. The summed E-state index contributed by atoms with van der Waals surface area (Å²) in [5.41, 5.74) is 5.95. The Morgan fingerprint density at radius 3 is 1.90 bits per heavy atom. The zero-order valence-corrected chi connectivity index (χ0v) is 17.8. The number of halogens is 2. The number of fused-ring (bicyclic) bond motifs is 3. The summed E-state index contributed by atoms with van der Waals surface area (Å²) in [7, 11) is 0. The van der Waals surface area contributed by atoms with Crippen LogP contribution in [0.2, 0.25) is 10.0 Å². The van der Waals surface area contributed by atoms with Gasteiger partial charge in [-0.15, -0.1) is 0 Å². The van der Waals surface area contributed by atoms with Gasteiger partial charge >= 0.3 is 6.03 Å². The van der Waals surface area contributed by atoms with Crippen molar-refractivity contribution in [1.82, 2.24) is 9.80 Å². The topological polar surface area (TPSA) is 35.6 Å². The zero-order chi connectivity index (χ0) is 20.7. The molecule has 0 spiro atoms. The summed E-state index contributed by atoms with van der Waals surface area (Å²) in [5, 5.41) is 3.91. The lowest BCUT2D eigenvalue weighted by Crippen LogP contribution is -2.50. The van der Waals surface area contributed by atoms with Crippen molar-refractivity contribution in [2.75, 3.05) is 31.5 Å². The smallest absolute Gasteiger partial charge is 0.321 e. The predicted molar refractivity (Wildman–Crippen MR) is 122 cm³/mol. The lowest BCUT2D eigenvalue weighted by Gasteiger charge is -2.38. The molecule has 0 radical (unpaired) electrons. The first-order chi connectivity index (χ1) is 14.6. The van der Waals surface area contributed by atoms with E-state index in [1.807, 2.05) is 4.90 Å². The zero-order valence-electron chi connectivity index (χ0n) is 16.3. The minimum absolute atomic E-state index is 0.125.